The third-order valence-corrected chi connectivity index (χ3v) is 6.18. The van der Waals surface area contributed by atoms with Crippen LogP contribution < -0.4 is 5.56 Å². The maximum atomic E-state index is 13.3. The van der Waals surface area contributed by atoms with Gasteiger partial charge in [0.15, 0.2) is 5.16 Å². The Morgan fingerprint density at radius 1 is 1.22 bits per heavy atom. The van der Waals surface area contributed by atoms with E-state index < -0.39 is 0 Å². The van der Waals surface area contributed by atoms with Gasteiger partial charge in [-0.2, -0.15) is 0 Å². The van der Waals surface area contributed by atoms with Crippen molar-refractivity contribution in [2.24, 2.45) is 0 Å². The monoisotopic (exact) mass is 400 g/mol. The van der Waals surface area contributed by atoms with Gasteiger partial charge in [-0.3, -0.25) is 14.2 Å². The molecule has 1 saturated heterocycles. The van der Waals surface area contributed by atoms with Crippen LogP contribution in [0.15, 0.2) is 46.3 Å². The minimum Gasteiger partial charge on any atom is -0.465 e. The van der Waals surface area contributed by atoms with E-state index in [4.69, 9.17) is 16.3 Å². The van der Waals surface area contributed by atoms with Gasteiger partial charge >= 0.3 is 5.97 Å². The topological polar surface area (TPSA) is 61.2 Å². The molecule has 2 heterocycles. The van der Waals surface area contributed by atoms with Gasteiger partial charge in [-0.15, -0.1) is 0 Å². The standard InChI is InChI=1S/C20H17ClN2O3S/c1-11-4-3-5-16(12(11)2)23-18(24)14-7-6-13(21)10-15(14)22-20(23)27-17-8-9-26-19(17)25/h3-7,10,17H,8-9H2,1-2H3/t17-/m1/s1. The van der Waals surface area contributed by atoms with Crippen molar-refractivity contribution in [1.82, 2.24) is 9.55 Å². The number of ether oxygens (including phenoxy) is 1. The van der Waals surface area contributed by atoms with Gasteiger partial charge in [0, 0.05) is 11.4 Å². The van der Waals surface area contributed by atoms with E-state index in [0.29, 0.717) is 34.1 Å². The highest BCUT2D eigenvalue weighted by atomic mass is 35.5. The number of carbonyl (C=O) groups excluding carboxylic acids is 1. The predicted octanol–water partition coefficient (Wildman–Crippen LogP) is 4.06. The lowest BCUT2D eigenvalue weighted by Gasteiger charge is -2.17. The molecule has 3 aromatic rings. The number of nitrogens with zero attached hydrogens (tertiary/aromatic N) is 2. The lowest BCUT2D eigenvalue weighted by atomic mass is 10.1. The molecule has 138 valence electrons. The van der Waals surface area contributed by atoms with Crippen LogP contribution in [-0.4, -0.2) is 27.4 Å². The maximum absolute atomic E-state index is 13.3. The number of aromatic nitrogens is 2. The van der Waals surface area contributed by atoms with Gasteiger partial charge in [0.2, 0.25) is 0 Å². The number of rotatable bonds is 3. The van der Waals surface area contributed by atoms with Gasteiger partial charge in [-0.1, -0.05) is 35.5 Å². The van der Waals surface area contributed by atoms with Crippen LogP contribution >= 0.6 is 23.4 Å². The molecule has 2 aromatic carbocycles. The van der Waals surface area contributed by atoms with Crippen LogP contribution in [0.5, 0.6) is 0 Å². The second-order valence-corrected chi connectivity index (χ2v) is 8.08. The van der Waals surface area contributed by atoms with Crippen LogP contribution in [0.2, 0.25) is 5.02 Å². The van der Waals surface area contributed by atoms with E-state index in [1.165, 1.54) is 11.8 Å². The highest BCUT2D eigenvalue weighted by Gasteiger charge is 2.30. The smallest absolute Gasteiger partial charge is 0.319 e. The quantitative estimate of drug-likeness (QED) is 0.490. The van der Waals surface area contributed by atoms with Crippen molar-refractivity contribution < 1.29 is 9.53 Å². The fraction of sp³-hybridized carbons (Fsp3) is 0.250. The molecule has 1 fully saturated rings. The summed E-state index contributed by atoms with van der Waals surface area (Å²) in [6.07, 6.45) is 0.597. The number of hydrogen-bond donors (Lipinski definition) is 0. The molecule has 0 bridgehead atoms. The zero-order chi connectivity index (χ0) is 19.1. The van der Waals surface area contributed by atoms with Crippen molar-refractivity contribution in [3.8, 4) is 5.69 Å². The minimum absolute atomic E-state index is 0.181. The summed E-state index contributed by atoms with van der Waals surface area (Å²) in [6, 6.07) is 10.8. The molecule has 0 N–H and O–H groups in total. The normalized spacial score (nSPS) is 16.7. The summed E-state index contributed by atoms with van der Waals surface area (Å²) in [7, 11) is 0. The SMILES string of the molecule is Cc1cccc(-n2c(S[C@@H]3CCOC3=O)nc3cc(Cl)ccc3c2=O)c1C. The summed E-state index contributed by atoms with van der Waals surface area (Å²) in [5.74, 6) is -0.270. The lowest BCUT2D eigenvalue weighted by Crippen LogP contribution is -2.24. The van der Waals surface area contributed by atoms with Crippen LogP contribution in [0, 0.1) is 13.8 Å². The van der Waals surface area contributed by atoms with E-state index in [1.54, 1.807) is 22.8 Å². The summed E-state index contributed by atoms with van der Waals surface area (Å²) < 4.78 is 6.66. The molecule has 1 aromatic heterocycles. The predicted molar refractivity (Wildman–Crippen MR) is 107 cm³/mol. The van der Waals surface area contributed by atoms with Gasteiger partial charge in [0.25, 0.3) is 5.56 Å². The molecule has 0 spiro atoms. The molecule has 1 atom stereocenters. The fourth-order valence-corrected chi connectivity index (χ4v) is 4.36. The highest BCUT2D eigenvalue weighted by molar-refractivity contribution is 8.00. The number of fused-ring (bicyclic) bond motifs is 1. The molecule has 4 rings (SSSR count). The van der Waals surface area contributed by atoms with E-state index in [-0.39, 0.29) is 16.8 Å². The average molecular weight is 401 g/mol. The second-order valence-electron chi connectivity index (χ2n) is 6.48. The van der Waals surface area contributed by atoms with Crippen LogP contribution in [-0.2, 0) is 9.53 Å². The Bertz CT molecular complexity index is 1130. The zero-order valence-corrected chi connectivity index (χ0v) is 16.4. The van der Waals surface area contributed by atoms with Crippen LogP contribution in [0.1, 0.15) is 17.5 Å². The number of benzene rings is 2. The average Bonchev–Trinajstić information content (AvgIpc) is 3.03. The first kappa shape index (κ1) is 18.1. The number of hydrogen-bond acceptors (Lipinski definition) is 5. The van der Waals surface area contributed by atoms with Crippen molar-refractivity contribution >= 4 is 40.2 Å². The third-order valence-electron chi connectivity index (χ3n) is 4.75. The maximum Gasteiger partial charge on any atom is 0.319 e. The van der Waals surface area contributed by atoms with Crippen LogP contribution in [0.25, 0.3) is 16.6 Å². The van der Waals surface area contributed by atoms with E-state index in [9.17, 15) is 9.59 Å². The second kappa shape index (κ2) is 7.02. The van der Waals surface area contributed by atoms with Crippen molar-refractivity contribution in [2.45, 2.75) is 30.7 Å². The van der Waals surface area contributed by atoms with Gasteiger partial charge in [0.05, 0.1) is 23.2 Å². The Morgan fingerprint density at radius 2 is 2.04 bits per heavy atom. The minimum atomic E-state index is -0.370. The van der Waals surface area contributed by atoms with E-state index in [2.05, 4.69) is 4.98 Å². The van der Waals surface area contributed by atoms with Crippen LogP contribution in [0.4, 0.5) is 0 Å². The number of thioether (sulfide) groups is 1. The molecule has 0 saturated carbocycles. The molecule has 27 heavy (non-hydrogen) atoms. The summed E-state index contributed by atoms with van der Waals surface area (Å²) in [6.45, 7) is 4.37. The van der Waals surface area contributed by atoms with Gasteiger partial charge in [-0.05, 0) is 49.2 Å². The molecule has 1 aliphatic heterocycles. The van der Waals surface area contributed by atoms with Gasteiger partial charge in [0.1, 0.15) is 5.25 Å². The molecule has 0 aliphatic carbocycles. The Morgan fingerprint density at radius 3 is 2.78 bits per heavy atom. The first-order valence-corrected chi connectivity index (χ1v) is 9.83. The summed E-state index contributed by atoms with van der Waals surface area (Å²) in [4.78, 5) is 30.0. The summed E-state index contributed by atoms with van der Waals surface area (Å²) in [5.41, 5.74) is 3.16. The Kier molecular flexibility index (Phi) is 4.70. The summed E-state index contributed by atoms with van der Waals surface area (Å²) in [5, 5.41) is 1.09. The van der Waals surface area contributed by atoms with E-state index >= 15 is 0 Å². The number of halogens is 1. The van der Waals surface area contributed by atoms with Crippen molar-refractivity contribution in [2.75, 3.05) is 6.61 Å². The van der Waals surface area contributed by atoms with E-state index in [1.807, 2.05) is 32.0 Å². The van der Waals surface area contributed by atoms with E-state index in [0.717, 1.165) is 16.8 Å². The molecule has 7 heteroatoms. The number of aryl methyl sites for hydroxylation is 1. The Hall–Kier alpha value is -2.31. The fourth-order valence-electron chi connectivity index (χ4n) is 3.12. The zero-order valence-electron chi connectivity index (χ0n) is 14.9. The largest absolute Gasteiger partial charge is 0.465 e. The molecule has 0 radical (unpaired) electrons. The Balaban J connectivity index is 1.99. The first-order valence-electron chi connectivity index (χ1n) is 8.58. The lowest BCUT2D eigenvalue weighted by molar-refractivity contribution is -0.137. The molecule has 1 aliphatic rings. The van der Waals surface area contributed by atoms with Gasteiger partial charge < -0.3 is 4.74 Å². The van der Waals surface area contributed by atoms with Crippen molar-refractivity contribution in [3.63, 3.8) is 0 Å². The first-order chi connectivity index (χ1) is 13.0. The number of carbonyl (C=O) groups is 1. The van der Waals surface area contributed by atoms with Gasteiger partial charge in [-0.25, -0.2) is 4.98 Å². The summed E-state index contributed by atoms with van der Waals surface area (Å²) >= 11 is 7.35. The third kappa shape index (κ3) is 3.24. The van der Waals surface area contributed by atoms with Crippen LogP contribution in [0.3, 0.4) is 0 Å². The molecule has 5 nitrogen and oxygen atoms in total. The molecular formula is C20H17ClN2O3S. The Labute approximate surface area is 165 Å². The molecule has 0 amide bonds. The number of esters is 1. The molecular weight excluding hydrogens is 384 g/mol. The van der Waals surface area contributed by atoms with Crippen molar-refractivity contribution in [1.29, 1.82) is 0 Å². The highest BCUT2D eigenvalue weighted by Crippen LogP contribution is 2.31. The number of cyclic esters (lactones) is 1. The molecule has 0 unspecified atom stereocenters. The van der Waals surface area contributed by atoms with Crippen molar-refractivity contribution in [3.05, 3.63) is 62.9 Å².